The zero-order chi connectivity index (χ0) is 10.0. The van der Waals surface area contributed by atoms with Gasteiger partial charge in [-0.05, 0) is 13.0 Å². The van der Waals surface area contributed by atoms with Crippen molar-refractivity contribution >= 4 is 23.6 Å². The van der Waals surface area contributed by atoms with Crippen molar-refractivity contribution in [2.75, 3.05) is 0 Å². The van der Waals surface area contributed by atoms with Gasteiger partial charge < -0.3 is 5.73 Å². The fourth-order valence-corrected chi connectivity index (χ4v) is 1.24. The smallest absolute Gasteiger partial charge is 0.241 e. The molecule has 0 saturated heterocycles. The minimum Gasteiger partial charge on any atom is -0.366 e. The highest BCUT2D eigenvalue weighted by atomic mass is 35.5. The van der Waals surface area contributed by atoms with E-state index in [1.807, 2.05) is 6.92 Å². The number of rotatable bonds is 2. The molecule has 13 heavy (non-hydrogen) atoms. The zero-order valence-corrected chi connectivity index (χ0v) is 8.17. The van der Waals surface area contributed by atoms with Crippen molar-refractivity contribution in [1.29, 1.82) is 0 Å². The van der Waals surface area contributed by atoms with E-state index in [0.717, 1.165) is 11.3 Å². The molecule has 0 saturated carbocycles. The number of hydrogen-bond acceptors (Lipinski definition) is 2. The van der Waals surface area contributed by atoms with E-state index in [9.17, 15) is 4.79 Å². The number of aromatic nitrogens is 2. The summed E-state index contributed by atoms with van der Waals surface area (Å²) in [5.74, 6) is -0.501. The Morgan fingerprint density at radius 2 is 2.31 bits per heavy atom. The second-order valence-corrected chi connectivity index (χ2v) is 3.01. The van der Waals surface area contributed by atoms with E-state index >= 15 is 0 Å². The van der Waals surface area contributed by atoms with Crippen molar-refractivity contribution in [3.05, 3.63) is 22.5 Å². The van der Waals surface area contributed by atoms with Crippen LogP contribution in [0.5, 0.6) is 0 Å². The Balaban J connectivity index is 3.07. The highest BCUT2D eigenvalue weighted by molar-refractivity contribution is 6.31. The van der Waals surface area contributed by atoms with Crippen molar-refractivity contribution in [3.8, 4) is 0 Å². The van der Waals surface area contributed by atoms with E-state index in [-0.39, 0.29) is 0 Å². The molecule has 1 rings (SSSR count). The van der Waals surface area contributed by atoms with Crippen LogP contribution in [-0.2, 0) is 11.8 Å². The first-order valence-corrected chi connectivity index (χ1v) is 4.06. The van der Waals surface area contributed by atoms with E-state index in [4.69, 9.17) is 17.3 Å². The van der Waals surface area contributed by atoms with E-state index in [0.29, 0.717) is 5.15 Å². The first-order valence-electron chi connectivity index (χ1n) is 3.69. The summed E-state index contributed by atoms with van der Waals surface area (Å²) >= 11 is 5.89. The Bertz CT molecular complexity index is 368. The SMILES string of the molecule is Cc1nn(C)c(Cl)c1/C=C/C(N)=O. The maximum Gasteiger partial charge on any atom is 0.241 e. The van der Waals surface area contributed by atoms with Gasteiger partial charge in [0.1, 0.15) is 5.15 Å². The molecule has 0 bridgehead atoms. The molecule has 0 aliphatic rings. The normalized spacial score (nSPS) is 11.0. The van der Waals surface area contributed by atoms with Gasteiger partial charge >= 0.3 is 0 Å². The molecule has 0 radical (unpaired) electrons. The van der Waals surface area contributed by atoms with Gasteiger partial charge in [0, 0.05) is 18.7 Å². The number of amides is 1. The Kier molecular flexibility index (Phi) is 2.72. The summed E-state index contributed by atoms with van der Waals surface area (Å²) in [7, 11) is 1.73. The first kappa shape index (κ1) is 9.80. The van der Waals surface area contributed by atoms with Gasteiger partial charge in [-0.3, -0.25) is 9.48 Å². The van der Waals surface area contributed by atoms with Crippen LogP contribution in [0.1, 0.15) is 11.3 Å². The third kappa shape index (κ3) is 2.09. The monoisotopic (exact) mass is 199 g/mol. The molecular weight excluding hydrogens is 190 g/mol. The van der Waals surface area contributed by atoms with E-state index in [2.05, 4.69) is 5.10 Å². The predicted molar refractivity (Wildman–Crippen MR) is 51.2 cm³/mol. The molecule has 0 atom stereocenters. The van der Waals surface area contributed by atoms with Crippen LogP contribution >= 0.6 is 11.6 Å². The molecule has 4 nitrogen and oxygen atoms in total. The molecule has 0 fully saturated rings. The van der Waals surface area contributed by atoms with Gasteiger partial charge in [-0.1, -0.05) is 11.6 Å². The van der Waals surface area contributed by atoms with Gasteiger partial charge in [0.05, 0.1) is 5.69 Å². The van der Waals surface area contributed by atoms with E-state index in [1.54, 1.807) is 13.1 Å². The van der Waals surface area contributed by atoms with Crippen LogP contribution in [-0.4, -0.2) is 15.7 Å². The number of carbonyl (C=O) groups excluding carboxylic acids is 1. The quantitative estimate of drug-likeness (QED) is 0.719. The lowest BCUT2D eigenvalue weighted by Gasteiger charge is -1.90. The van der Waals surface area contributed by atoms with E-state index < -0.39 is 5.91 Å². The third-order valence-corrected chi connectivity index (χ3v) is 2.06. The Morgan fingerprint density at radius 3 is 2.69 bits per heavy atom. The topological polar surface area (TPSA) is 60.9 Å². The molecular formula is C8H10ClN3O. The number of primary amides is 1. The van der Waals surface area contributed by atoms with Gasteiger partial charge in [0.25, 0.3) is 0 Å². The average molecular weight is 200 g/mol. The molecule has 1 heterocycles. The molecule has 70 valence electrons. The molecule has 1 aromatic rings. The second kappa shape index (κ2) is 3.62. The van der Waals surface area contributed by atoms with E-state index in [1.165, 1.54) is 10.8 Å². The van der Waals surface area contributed by atoms with Gasteiger partial charge in [-0.25, -0.2) is 0 Å². The minimum atomic E-state index is -0.501. The van der Waals surface area contributed by atoms with Crippen molar-refractivity contribution in [2.45, 2.75) is 6.92 Å². The van der Waals surface area contributed by atoms with Gasteiger partial charge in [-0.2, -0.15) is 5.10 Å². The van der Waals surface area contributed by atoms with Gasteiger partial charge in [0.2, 0.25) is 5.91 Å². The Hall–Kier alpha value is -1.29. The van der Waals surface area contributed by atoms with Crippen molar-refractivity contribution in [1.82, 2.24) is 9.78 Å². The molecule has 0 spiro atoms. The summed E-state index contributed by atoms with van der Waals surface area (Å²) in [5, 5.41) is 4.57. The highest BCUT2D eigenvalue weighted by Crippen LogP contribution is 2.19. The lowest BCUT2D eigenvalue weighted by Crippen LogP contribution is -2.05. The minimum absolute atomic E-state index is 0.495. The maximum atomic E-state index is 10.5. The molecule has 0 unspecified atom stereocenters. The number of hydrogen-bond donors (Lipinski definition) is 1. The number of halogens is 1. The maximum absolute atomic E-state index is 10.5. The van der Waals surface area contributed by atoms with Gasteiger partial charge in [0.15, 0.2) is 0 Å². The fourth-order valence-electron chi connectivity index (χ4n) is 1.00. The molecule has 1 amide bonds. The number of nitrogens with zero attached hydrogens (tertiary/aromatic N) is 2. The summed E-state index contributed by atoms with van der Waals surface area (Å²) in [4.78, 5) is 10.5. The fraction of sp³-hybridized carbons (Fsp3) is 0.250. The van der Waals surface area contributed by atoms with Crippen molar-refractivity contribution < 1.29 is 4.79 Å². The first-order chi connectivity index (χ1) is 6.02. The molecule has 0 aliphatic carbocycles. The summed E-state index contributed by atoms with van der Waals surface area (Å²) in [5.41, 5.74) is 6.44. The van der Waals surface area contributed by atoms with Crippen molar-refractivity contribution in [3.63, 3.8) is 0 Å². The van der Waals surface area contributed by atoms with Crippen LogP contribution in [0.2, 0.25) is 5.15 Å². The lowest BCUT2D eigenvalue weighted by atomic mass is 10.2. The highest BCUT2D eigenvalue weighted by Gasteiger charge is 2.07. The number of carbonyl (C=O) groups is 1. The number of nitrogens with two attached hydrogens (primary N) is 1. The third-order valence-electron chi connectivity index (χ3n) is 1.61. The molecule has 0 aliphatic heterocycles. The molecule has 5 heteroatoms. The largest absolute Gasteiger partial charge is 0.366 e. The molecule has 1 aromatic heterocycles. The van der Waals surface area contributed by atoms with Crippen LogP contribution < -0.4 is 5.73 Å². The summed E-state index contributed by atoms with van der Waals surface area (Å²) in [6.07, 6.45) is 2.82. The standard InChI is InChI=1S/C8H10ClN3O/c1-5-6(3-4-7(10)13)8(9)12(2)11-5/h3-4H,1-2H3,(H2,10,13)/b4-3+. The molecule has 0 aromatic carbocycles. The van der Waals surface area contributed by atoms with Gasteiger partial charge in [-0.15, -0.1) is 0 Å². The van der Waals surface area contributed by atoms with Crippen LogP contribution in [0.25, 0.3) is 6.08 Å². The molecule has 2 N–H and O–H groups in total. The van der Waals surface area contributed by atoms with Crippen molar-refractivity contribution in [2.24, 2.45) is 12.8 Å². The summed E-state index contributed by atoms with van der Waals surface area (Å²) in [6, 6.07) is 0. The lowest BCUT2D eigenvalue weighted by molar-refractivity contribution is -0.113. The van der Waals surface area contributed by atoms with Crippen LogP contribution in [0.4, 0.5) is 0 Å². The van der Waals surface area contributed by atoms with Crippen LogP contribution in [0, 0.1) is 6.92 Å². The summed E-state index contributed by atoms with van der Waals surface area (Å²) < 4.78 is 1.54. The Morgan fingerprint density at radius 1 is 1.69 bits per heavy atom. The van der Waals surface area contributed by atoms with Crippen LogP contribution in [0.3, 0.4) is 0 Å². The zero-order valence-electron chi connectivity index (χ0n) is 7.41. The van der Waals surface area contributed by atoms with Crippen LogP contribution in [0.15, 0.2) is 6.08 Å². The Labute approximate surface area is 81.0 Å². The number of aryl methyl sites for hydroxylation is 2. The summed E-state index contributed by atoms with van der Waals surface area (Å²) in [6.45, 7) is 1.81. The second-order valence-electron chi connectivity index (χ2n) is 2.65. The predicted octanol–water partition coefficient (Wildman–Crippen LogP) is 0.880. The average Bonchev–Trinajstić information content (AvgIpc) is 2.24.